The van der Waals surface area contributed by atoms with E-state index in [1.54, 1.807) is 23.7 Å². The number of nitrogens with one attached hydrogen (secondary N) is 1. The van der Waals surface area contributed by atoms with Crippen molar-refractivity contribution < 1.29 is 4.79 Å². The molecular formula is C20H17N5OS2. The molecule has 0 aliphatic heterocycles. The molecule has 28 heavy (non-hydrogen) atoms. The maximum absolute atomic E-state index is 12.0. The number of hydrogen-bond donors (Lipinski definition) is 1. The molecule has 1 amide bonds. The van der Waals surface area contributed by atoms with E-state index in [1.807, 2.05) is 53.3 Å². The lowest BCUT2D eigenvalue weighted by Gasteiger charge is -2.00. The molecule has 140 valence electrons. The van der Waals surface area contributed by atoms with Gasteiger partial charge >= 0.3 is 0 Å². The quantitative estimate of drug-likeness (QED) is 0.287. The summed E-state index contributed by atoms with van der Waals surface area (Å²) in [6.45, 7) is 0.694. The number of thiazole rings is 1. The smallest absolute Gasteiger partial charge is 0.250 e. The van der Waals surface area contributed by atoms with Crippen molar-refractivity contribution in [1.29, 1.82) is 0 Å². The molecule has 2 heterocycles. The Morgan fingerprint density at radius 2 is 2.00 bits per heavy atom. The first kappa shape index (κ1) is 18.4. The summed E-state index contributed by atoms with van der Waals surface area (Å²) in [5, 5.41) is 8.32. The highest BCUT2D eigenvalue weighted by Gasteiger charge is 2.07. The molecule has 4 rings (SSSR count). The van der Waals surface area contributed by atoms with E-state index in [4.69, 9.17) is 0 Å². The topological polar surface area (TPSA) is 72.2 Å². The van der Waals surface area contributed by atoms with Gasteiger partial charge in [-0.1, -0.05) is 54.2 Å². The van der Waals surface area contributed by atoms with Gasteiger partial charge in [0, 0.05) is 11.8 Å². The van der Waals surface area contributed by atoms with Gasteiger partial charge in [0.1, 0.15) is 0 Å². The maximum atomic E-state index is 12.0. The lowest BCUT2D eigenvalue weighted by atomic mass is 10.2. The Morgan fingerprint density at radius 1 is 1.18 bits per heavy atom. The van der Waals surface area contributed by atoms with Gasteiger partial charge in [0.2, 0.25) is 0 Å². The number of carbonyl (C=O) groups excluding carboxylic acids is 1. The first-order valence-electron chi connectivity index (χ1n) is 8.63. The van der Waals surface area contributed by atoms with E-state index in [0.717, 1.165) is 20.1 Å². The highest BCUT2D eigenvalue weighted by atomic mass is 32.2. The van der Waals surface area contributed by atoms with E-state index in [1.165, 1.54) is 17.3 Å². The van der Waals surface area contributed by atoms with Gasteiger partial charge in [0.05, 0.1) is 34.9 Å². The van der Waals surface area contributed by atoms with Crippen LogP contribution in [-0.4, -0.2) is 32.6 Å². The van der Waals surface area contributed by atoms with E-state index in [-0.39, 0.29) is 11.7 Å². The Kier molecular flexibility index (Phi) is 5.79. The fourth-order valence-corrected chi connectivity index (χ4v) is 4.42. The molecule has 2 aromatic heterocycles. The van der Waals surface area contributed by atoms with Crippen molar-refractivity contribution in [2.24, 2.45) is 5.10 Å². The summed E-state index contributed by atoms with van der Waals surface area (Å²) < 4.78 is 3.83. The number of benzene rings is 2. The van der Waals surface area contributed by atoms with Crippen LogP contribution in [0.15, 0.2) is 76.4 Å². The zero-order valence-electron chi connectivity index (χ0n) is 14.9. The van der Waals surface area contributed by atoms with E-state index in [2.05, 4.69) is 32.7 Å². The minimum atomic E-state index is -0.169. The van der Waals surface area contributed by atoms with Gasteiger partial charge in [-0.15, -0.1) is 11.3 Å². The fourth-order valence-electron chi connectivity index (χ4n) is 2.55. The van der Waals surface area contributed by atoms with Crippen molar-refractivity contribution in [2.45, 2.75) is 10.9 Å². The Hall–Kier alpha value is -2.97. The number of para-hydroxylation sites is 1. The van der Waals surface area contributed by atoms with Crippen LogP contribution in [-0.2, 0) is 11.3 Å². The molecule has 0 bridgehead atoms. The molecule has 0 atom stereocenters. The molecular weight excluding hydrogens is 390 g/mol. The molecule has 8 heteroatoms. The zero-order chi connectivity index (χ0) is 19.2. The molecule has 0 aliphatic rings. The molecule has 0 fully saturated rings. The molecule has 0 spiro atoms. The van der Waals surface area contributed by atoms with Crippen molar-refractivity contribution in [1.82, 2.24) is 20.2 Å². The summed E-state index contributed by atoms with van der Waals surface area (Å²) in [5.41, 5.74) is 5.51. The average Bonchev–Trinajstić information content (AvgIpc) is 3.33. The van der Waals surface area contributed by atoms with Crippen LogP contribution in [0, 0.1) is 0 Å². The van der Waals surface area contributed by atoms with E-state index < -0.39 is 0 Å². The summed E-state index contributed by atoms with van der Waals surface area (Å²) in [6.07, 6.45) is 5.20. The number of amides is 1. The van der Waals surface area contributed by atoms with Crippen LogP contribution in [0.25, 0.3) is 10.2 Å². The summed E-state index contributed by atoms with van der Waals surface area (Å²) in [4.78, 5) is 16.5. The number of fused-ring (bicyclic) bond motifs is 1. The third-order valence-electron chi connectivity index (χ3n) is 3.84. The van der Waals surface area contributed by atoms with Gasteiger partial charge in [-0.3, -0.25) is 9.48 Å². The predicted octanol–water partition coefficient (Wildman–Crippen LogP) is 3.78. The largest absolute Gasteiger partial charge is 0.272 e. The Labute approximate surface area is 170 Å². The second kappa shape index (κ2) is 8.81. The molecule has 0 radical (unpaired) electrons. The molecule has 2 aromatic carbocycles. The number of nitrogens with zero attached hydrogens (tertiary/aromatic N) is 4. The third kappa shape index (κ3) is 4.85. The second-order valence-corrected chi connectivity index (χ2v) is 8.24. The molecule has 0 saturated carbocycles. The molecule has 0 unspecified atom stereocenters. The standard InChI is InChI=1S/C20H17N5OS2/c26-19(14-27-20-23-17-8-4-5-9-18(17)28-20)24-21-10-16-11-22-25(13-16)12-15-6-2-1-3-7-15/h1-11,13H,12,14H2,(H,24,26)/b21-10-. The first-order chi connectivity index (χ1) is 13.8. The summed E-state index contributed by atoms with van der Waals surface area (Å²) >= 11 is 3.00. The van der Waals surface area contributed by atoms with Crippen LogP contribution in [0.2, 0.25) is 0 Å². The second-order valence-electron chi connectivity index (χ2n) is 5.99. The number of rotatable bonds is 7. The minimum absolute atomic E-state index is 0.169. The SMILES string of the molecule is O=C(CSc1nc2ccccc2s1)N/N=C\c1cnn(Cc2ccccc2)c1. The van der Waals surface area contributed by atoms with Crippen molar-refractivity contribution in [3.8, 4) is 0 Å². The number of hydrogen-bond acceptors (Lipinski definition) is 6. The zero-order valence-corrected chi connectivity index (χ0v) is 16.5. The van der Waals surface area contributed by atoms with Gasteiger partial charge in [0.25, 0.3) is 5.91 Å². The molecule has 0 aliphatic carbocycles. The maximum Gasteiger partial charge on any atom is 0.250 e. The molecule has 1 N–H and O–H groups in total. The monoisotopic (exact) mass is 407 g/mol. The summed E-state index contributed by atoms with van der Waals surface area (Å²) in [5.74, 6) is 0.0990. The van der Waals surface area contributed by atoms with Crippen LogP contribution in [0.1, 0.15) is 11.1 Å². The van der Waals surface area contributed by atoms with Gasteiger partial charge < -0.3 is 0 Å². The molecule has 6 nitrogen and oxygen atoms in total. The first-order valence-corrected chi connectivity index (χ1v) is 10.4. The average molecular weight is 408 g/mol. The van der Waals surface area contributed by atoms with Crippen LogP contribution >= 0.6 is 23.1 Å². The number of carbonyl (C=O) groups is 1. The van der Waals surface area contributed by atoms with Crippen molar-refractivity contribution in [3.05, 3.63) is 78.1 Å². The van der Waals surface area contributed by atoms with E-state index in [0.29, 0.717) is 6.54 Å². The lowest BCUT2D eigenvalue weighted by Crippen LogP contribution is -2.19. The Morgan fingerprint density at radius 3 is 2.86 bits per heavy atom. The van der Waals surface area contributed by atoms with E-state index >= 15 is 0 Å². The van der Waals surface area contributed by atoms with Gasteiger partial charge in [-0.05, 0) is 17.7 Å². The number of thioether (sulfide) groups is 1. The van der Waals surface area contributed by atoms with Crippen molar-refractivity contribution >= 4 is 45.4 Å². The normalized spacial score (nSPS) is 11.3. The fraction of sp³-hybridized carbons (Fsp3) is 0.100. The summed E-state index contributed by atoms with van der Waals surface area (Å²) in [7, 11) is 0. The van der Waals surface area contributed by atoms with Crippen LogP contribution in [0.4, 0.5) is 0 Å². The van der Waals surface area contributed by atoms with Crippen LogP contribution < -0.4 is 5.43 Å². The van der Waals surface area contributed by atoms with Crippen molar-refractivity contribution in [2.75, 3.05) is 5.75 Å². The third-order valence-corrected chi connectivity index (χ3v) is 6.02. The van der Waals surface area contributed by atoms with E-state index in [9.17, 15) is 4.79 Å². The number of hydrazone groups is 1. The Balaban J connectivity index is 1.25. The summed E-state index contributed by atoms with van der Waals surface area (Å²) in [6, 6.07) is 18.0. The van der Waals surface area contributed by atoms with Crippen molar-refractivity contribution in [3.63, 3.8) is 0 Å². The number of aromatic nitrogens is 3. The minimum Gasteiger partial charge on any atom is -0.272 e. The van der Waals surface area contributed by atoms with Gasteiger partial charge in [-0.25, -0.2) is 10.4 Å². The Bertz CT molecular complexity index is 1070. The highest BCUT2D eigenvalue weighted by Crippen LogP contribution is 2.28. The van der Waals surface area contributed by atoms with Crippen LogP contribution in [0.5, 0.6) is 0 Å². The van der Waals surface area contributed by atoms with Crippen LogP contribution in [0.3, 0.4) is 0 Å². The lowest BCUT2D eigenvalue weighted by molar-refractivity contribution is -0.118. The molecule has 4 aromatic rings. The van der Waals surface area contributed by atoms with Gasteiger partial charge in [-0.2, -0.15) is 10.2 Å². The molecule has 0 saturated heterocycles. The predicted molar refractivity (Wildman–Crippen MR) is 114 cm³/mol. The van der Waals surface area contributed by atoms with Gasteiger partial charge in [0.15, 0.2) is 4.34 Å². The highest BCUT2D eigenvalue weighted by molar-refractivity contribution is 8.01.